The Morgan fingerprint density at radius 3 is 2.70 bits per heavy atom. The lowest BCUT2D eigenvalue weighted by Crippen LogP contribution is -2.44. The van der Waals surface area contributed by atoms with Crippen molar-refractivity contribution in [2.75, 3.05) is 19.6 Å². The van der Waals surface area contributed by atoms with Gasteiger partial charge in [0.1, 0.15) is 0 Å². The van der Waals surface area contributed by atoms with Gasteiger partial charge < -0.3 is 15.3 Å². The number of nitrogens with zero attached hydrogens (tertiary/aromatic N) is 1. The molecule has 6 nitrogen and oxygen atoms in total. The number of likely N-dealkylation sites (tertiary alicyclic amines) is 1. The first-order chi connectivity index (χ1) is 9.41. The summed E-state index contributed by atoms with van der Waals surface area (Å²) in [6.07, 6.45) is 2.87. The Kier molecular flexibility index (Phi) is 6.48. The SMILES string of the molecule is CC(=O)N1CCCC(C(=O)NCCCC(C)C(=O)O)C1. The summed E-state index contributed by atoms with van der Waals surface area (Å²) >= 11 is 0. The molecule has 0 aromatic heterocycles. The van der Waals surface area contributed by atoms with Gasteiger partial charge in [0.2, 0.25) is 11.8 Å². The first-order valence-corrected chi connectivity index (χ1v) is 7.18. The summed E-state index contributed by atoms with van der Waals surface area (Å²) in [5.41, 5.74) is 0. The van der Waals surface area contributed by atoms with Crippen LogP contribution < -0.4 is 5.32 Å². The number of hydrogen-bond acceptors (Lipinski definition) is 3. The number of carboxylic acids is 1. The monoisotopic (exact) mass is 284 g/mol. The van der Waals surface area contributed by atoms with Gasteiger partial charge in [-0.25, -0.2) is 0 Å². The van der Waals surface area contributed by atoms with E-state index in [2.05, 4.69) is 5.32 Å². The molecule has 1 heterocycles. The van der Waals surface area contributed by atoms with Gasteiger partial charge in [-0.3, -0.25) is 14.4 Å². The Labute approximate surface area is 119 Å². The number of carbonyl (C=O) groups is 3. The van der Waals surface area contributed by atoms with E-state index in [0.717, 1.165) is 19.4 Å². The molecule has 20 heavy (non-hydrogen) atoms. The van der Waals surface area contributed by atoms with Crippen LogP contribution >= 0.6 is 0 Å². The van der Waals surface area contributed by atoms with Crippen molar-refractivity contribution < 1.29 is 19.5 Å². The van der Waals surface area contributed by atoms with E-state index in [0.29, 0.717) is 25.9 Å². The second-order valence-corrected chi connectivity index (χ2v) is 5.48. The third-order valence-electron chi connectivity index (χ3n) is 3.77. The molecule has 0 aliphatic carbocycles. The molecule has 1 aliphatic rings. The zero-order valence-corrected chi connectivity index (χ0v) is 12.2. The molecular weight excluding hydrogens is 260 g/mol. The fraction of sp³-hybridized carbons (Fsp3) is 0.786. The Balaban J connectivity index is 2.25. The molecule has 0 spiro atoms. The second-order valence-electron chi connectivity index (χ2n) is 5.48. The lowest BCUT2D eigenvalue weighted by atomic mass is 9.97. The summed E-state index contributed by atoms with van der Waals surface area (Å²) in [5.74, 6) is -1.34. The van der Waals surface area contributed by atoms with Crippen molar-refractivity contribution in [3.05, 3.63) is 0 Å². The van der Waals surface area contributed by atoms with Crippen LogP contribution in [0.2, 0.25) is 0 Å². The molecule has 1 saturated heterocycles. The van der Waals surface area contributed by atoms with Crippen LogP contribution in [0.1, 0.15) is 39.5 Å². The molecule has 1 aliphatic heterocycles. The van der Waals surface area contributed by atoms with Crippen LogP contribution in [0.5, 0.6) is 0 Å². The number of carboxylic acid groups (broad SMARTS) is 1. The summed E-state index contributed by atoms with van der Waals surface area (Å²) in [6.45, 7) is 4.90. The van der Waals surface area contributed by atoms with E-state index in [1.54, 1.807) is 11.8 Å². The molecule has 114 valence electrons. The number of aliphatic carboxylic acids is 1. The number of amides is 2. The van der Waals surface area contributed by atoms with Crippen molar-refractivity contribution >= 4 is 17.8 Å². The van der Waals surface area contributed by atoms with E-state index < -0.39 is 5.97 Å². The van der Waals surface area contributed by atoms with Crippen molar-refractivity contribution in [1.82, 2.24) is 10.2 Å². The average molecular weight is 284 g/mol. The summed E-state index contributed by atoms with van der Waals surface area (Å²) in [7, 11) is 0. The summed E-state index contributed by atoms with van der Waals surface area (Å²) in [6, 6.07) is 0. The fourth-order valence-electron chi connectivity index (χ4n) is 2.36. The van der Waals surface area contributed by atoms with Crippen molar-refractivity contribution in [3.63, 3.8) is 0 Å². The molecule has 0 saturated carbocycles. The van der Waals surface area contributed by atoms with Crippen LogP contribution in [-0.2, 0) is 14.4 Å². The molecule has 0 bridgehead atoms. The van der Waals surface area contributed by atoms with E-state index in [1.165, 1.54) is 6.92 Å². The van der Waals surface area contributed by atoms with Crippen molar-refractivity contribution in [2.24, 2.45) is 11.8 Å². The van der Waals surface area contributed by atoms with Gasteiger partial charge >= 0.3 is 5.97 Å². The Bertz CT molecular complexity index is 370. The number of hydrogen-bond donors (Lipinski definition) is 2. The van der Waals surface area contributed by atoms with Gasteiger partial charge in [0.15, 0.2) is 0 Å². The predicted octanol–water partition coefficient (Wildman–Crippen LogP) is 0.862. The molecule has 2 amide bonds. The van der Waals surface area contributed by atoms with Gasteiger partial charge in [0, 0.05) is 26.6 Å². The highest BCUT2D eigenvalue weighted by atomic mass is 16.4. The smallest absolute Gasteiger partial charge is 0.306 e. The highest BCUT2D eigenvalue weighted by Crippen LogP contribution is 2.16. The van der Waals surface area contributed by atoms with E-state index in [9.17, 15) is 14.4 Å². The van der Waals surface area contributed by atoms with Gasteiger partial charge in [0.25, 0.3) is 0 Å². The summed E-state index contributed by atoms with van der Waals surface area (Å²) in [4.78, 5) is 35.6. The topological polar surface area (TPSA) is 86.7 Å². The van der Waals surface area contributed by atoms with E-state index in [4.69, 9.17) is 5.11 Å². The van der Waals surface area contributed by atoms with Gasteiger partial charge in [-0.15, -0.1) is 0 Å². The summed E-state index contributed by atoms with van der Waals surface area (Å²) < 4.78 is 0. The Morgan fingerprint density at radius 2 is 2.10 bits per heavy atom. The molecule has 0 radical (unpaired) electrons. The standard InChI is InChI=1S/C14H24N2O4/c1-10(14(19)20)5-3-7-15-13(18)12-6-4-8-16(9-12)11(2)17/h10,12H,3-9H2,1-2H3,(H,15,18)(H,19,20). The third-order valence-corrected chi connectivity index (χ3v) is 3.77. The van der Waals surface area contributed by atoms with Crippen LogP contribution in [0.4, 0.5) is 0 Å². The largest absolute Gasteiger partial charge is 0.481 e. The summed E-state index contributed by atoms with van der Waals surface area (Å²) in [5, 5.41) is 11.6. The van der Waals surface area contributed by atoms with Gasteiger partial charge in [-0.05, 0) is 25.7 Å². The number of carbonyl (C=O) groups excluding carboxylic acids is 2. The van der Waals surface area contributed by atoms with Crippen LogP contribution in [0.15, 0.2) is 0 Å². The molecule has 2 atom stereocenters. The van der Waals surface area contributed by atoms with E-state index >= 15 is 0 Å². The van der Waals surface area contributed by atoms with E-state index in [1.807, 2.05) is 0 Å². The van der Waals surface area contributed by atoms with Gasteiger partial charge in [-0.1, -0.05) is 6.92 Å². The van der Waals surface area contributed by atoms with Crippen molar-refractivity contribution in [2.45, 2.75) is 39.5 Å². The minimum absolute atomic E-state index is 0.0118. The van der Waals surface area contributed by atoms with Crippen LogP contribution in [0.25, 0.3) is 0 Å². The number of nitrogens with one attached hydrogen (secondary N) is 1. The zero-order chi connectivity index (χ0) is 15.1. The Hall–Kier alpha value is -1.59. The molecule has 1 rings (SSSR count). The van der Waals surface area contributed by atoms with Crippen LogP contribution in [0.3, 0.4) is 0 Å². The molecule has 0 aromatic rings. The third kappa shape index (κ3) is 5.19. The quantitative estimate of drug-likeness (QED) is 0.708. The molecular formula is C14H24N2O4. The predicted molar refractivity (Wildman–Crippen MR) is 74.0 cm³/mol. The average Bonchev–Trinajstić information content (AvgIpc) is 2.43. The molecule has 0 aromatic carbocycles. The van der Waals surface area contributed by atoms with Crippen LogP contribution in [0, 0.1) is 11.8 Å². The second kappa shape index (κ2) is 7.87. The maximum absolute atomic E-state index is 12.0. The molecule has 2 N–H and O–H groups in total. The lowest BCUT2D eigenvalue weighted by Gasteiger charge is -2.31. The van der Waals surface area contributed by atoms with Crippen molar-refractivity contribution in [1.29, 1.82) is 0 Å². The van der Waals surface area contributed by atoms with Gasteiger partial charge in [0.05, 0.1) is 11.8 Å². The molecule has 2 unspecified atom stereocenters. The highest BCUT2D eigenvalue weighted by Gasteiger charge is 2.26. The van der Waals surface area contributed by atoms with Gasteiger partial charge in [-0.2, -0.15) is 0 Å². The number of piperidine rings is 1. The van der Waals surface area contributed by atoms with Crippen LogP contribution in [-0.4, -0.2) is 47.4 Å². The fourth-order valence-corrected chi connectivity index (χ4v) is 2.36. The Morgan fingerprint density at radius 1 is 1.40 bits per heavy atom. The minimum atomic E-state index is -0.805. The molecule has 1 fully saturated rings. The minimum Gasteiger partial charge on any atom is -0.481 e. The first kappa shape index (κ1) is 16.5. The highest BCUT2D eigenvalue weighted by molar-refractivity contribution is 5.80. The maximum atomic E-state index is 12.0. The number of rotatable bonds is 6. The molecule has 6 heteroatoms. The zero-order valence-electron chi connectivity index (χ0n) is 12.2. The normalized spacial score (nSPS) is 20.3. The van der Waals surface area contributed by atoms with Crippen molar-refractivity contribution in [3.8, 4) is 0 Å². The van der Waals surface area contributed by atoms with E-state index in [-0.39, 0.29) is 23.7 Å². The lowest BCUT2D eigenvalue weighted by molar-refractivity contribution is -0.141. The maximum Gasteiger partial charge on any atom is 0.306 e. The first-order valence-electron chi connectivity index (χ1n) is 7.18.